The number of nitrogens with zero attached hydrogens (tertiary/aromatic N) is 1. The summed E-state index contributed by atoms with van der Waals surface area (Å²) in [5.74, 6) is 0.302. The van der Waals surface area contributed by atoms with E-state index in [1.807, 2.05) is 0 Å². The van der Waals surface area contributed by atoms with E-state index in [0.29, 0.717) is 29.2 Å². The molecule has 2 rings (SSSR count). The van der Waals surface area contributed by atoms with Gasteiger partial charge in [0.2, 0.25) is 0 Å². The zero-order valence-corrected chi connectivity index (χ0v) is 13.9. The molecular weight excluding hydrogens is 314 g/mol. The second kappa shape index (κ2) is 5.06. The van der Waals surface area contributed by atoms with Crippen molar-refractivity contribution in [3.8, 4) is 0 Å². The monoisotopic (exact) mass is 337 g/mol. The van der Waals surface area contributed by atoms with Crippen LogP contribution in [0.3, 0.4) is 0 Å². The van der Waals surface area contributed by atoms with Gasteiger partial charge in [-0.2, -0.15) is 0 Å². The first-order valence-electron chi connectivity index (χ1n) is 6.83. The first kappa shape index (κ1) is 14.8. The highest BCUT2D eigenvalue weighted by Crippen LogP contribution is 2.38. The van der Waals surface area contributed by atoms with Crippen molar-refractivity contribution >= 4 is 25.8 Å². The molecule has 18 heavy (non-hydrogen) atoms. The Morgan fingerprint density at radius 3 is 2.11 bits per heavy atom. The molecule has 0 N–H and O–H groups in total. The van der Waals surface area contributed by atoms with Crippen LogP contribution in [0.25, 0.3) is 0 Å². The van der Waals surface area contributed by atoms with Crippen LogP contribution in [0.2, 0.25) is 0 Å². The van der Waals surface area contributed by atoms with E-state index in [0.717, 1.165) is 0 Å². The zero-order chi connectivity index (χ0) is 13.6. The molecular formula is C13H24BrNO2S. The smallest absolute Gasteiger partial charge is 0.156 e. The fourth-order valence-corrected chi connectivity index (χ4v) is 5.03. The van der Waals surface area contributed by atoms with Gasteiger partial charge in [-0.05, 0) is 46.5 Å². The molecule has 2 aliphatic heterocycles. The average molecular weight is 338 g/mol. The van der Waals surface area contributed by atoms with E-state index < -0.39 is 14.6 Å². The molecule has 0 aliphatic carbocycles. The number of rotatable bonds is 3. The lowest BCUT2D eigenvalue weighted by molar-refractivity contribution is 0.154. The molecule has 0 amide bonds. The fourth-order valence-electron chi connectivity index (χ4n) is 3.10. The van der Waals surface area contributed by atoms with Crippen molar-refractivity contribution in [2.75, 3.05) is 12.3 Å². The number of hydrogen-bond donors (Lipinski definition) is 0. The predicted octanol–water partition coefficient (Wildman–Crippen LogP) is 2.59. The van der Waals surface area contributed by atoms with Crippen LogP contribution in [0.15, 0.2) is 0 Å². The third-order valence-corrected chi connectivity index (χ3v) is 7.71. The van der Waals surface area contributed by atoms with Gasteiger partial charge in [0.05, 0.1) is 10.5 Å². The highest BCUT2D eigenvalue weighted by atomic mass is 79.9. The van der Waals surface area contributed by atoms with Crippen LogP contribution in [-0.2, 0) is 9.84 Å². The Labute approximate surface area is 119 Å². The third-order valence-electron chi connectivity index (χ3n) is 4.38. The first-order valence-corrected chi connectivity index (χ1v) is 9.39. The number of hydrogen-bond acceptors (Lipinski definition) is 3. The lowest BCUT2D eigenvalue weighted by Gasteiger charge is -2.37. The van der Waals surface area contributed by atoms with Crippen LogP contribution < -0.4 is 0 Å². The fraction of sp³-hybridized carbons (Fsp3) is 1.00. The van der Waals surface area contributed by atoms with Gasteiger partial charge in [-0.15, -0.1) is 0 Å². The van der Waals surface area contributed by atoms with Crippen molar-refractivity contribution in [3.63, 3.8) is 0 Å². The largest absolute Gasteiger partial charge is 0.296 e. The summed E-state index contributed by atoms with van der Waals surface area (Å²) in [5, 5.41) is 0. The van der Waals surface area contributed by atoms with Gasteiger partial charge in [-0.1, -0.05) is 15.9 Å². The molecule has 0 aromatic heterocycles. The van der Waals surface area contributed by atoms with E-state index in [9.17, 15) is 8.42 Å². The molecule has 106 valence electrons. The maximum Gasteiger partial charge on any atom is 0.156 e. The maximum absolute atomic E-state index is 12.2. The lowest BCUT2D eigenvalue weighted by atomic mass is 10.0. The maximum atomic E-state index is 12.2. The number of fused-ring (bicyclic) bond motifs is 2. The van der Waals surface area contributed by atoms with Crippen LogP contribution >= 0.6 is 15.9 Å². The second-order valence-corrected chi connectivity index (χ2v) is 10.8. The standard InChI is InChI=1S/C13H24BrNO2S/c1-13(2,3)18(16,17)7-6-15-11-4-5-12(15)9-10(14)8-11/h10-12H,4-9H2,1-3H3. The number of halogens is 1. The predicted molar refractivity (Wildman–Crippen MR) is 79.0 cm³/mol. The molecule has 2 atom stereocenters. The van der Waals surface area contributed by atoms with Crippen LogP contribution in [0.1, 0.15) is 46.5 Å². The number of alkyl halides is 1. The Morgan fingerprint density at radius 1 is 1.17 bits per heavy atom. The summed E-state index contributed by atoms with van der Waals surface area (Å²) in [5.41, 5.74) is 0. The molecule has 0 spiro atoms. The van der Waals surface area contributed by atoms with E-state index in [2.05, 4.69) is 20.8 Å². The summed E-state index contributed by atoms with van der Waals surface area (Å²) < 4.78 is 23.7. The summed E-state index contributed by atoms with van der Waals surface area (Å²) >= 11 is 3.71. The van der Waals surface area contributed by atoms with Crippen molar-refractivity contribution in [2.45, 2.75) is 68.1 Å². The second-order valence-electron chi connectivity index (χ2n) is 6.62. The van der Waals surface area contributed by atoms with Gasteiger partial charge in [0, 0.05) is 23.5 Å². The molecule has 0 aromatic carbocycles. The van der Waals surface area contributed by atoms with Crippen molar-refractivity contribution < 1.29 is 8.42 Å². The van der Waals surface area contributed by atoms with Crippen molar-refractivity contribution in [1.82, 2.24) is 4.90 Å². The summed E-state index contributed by atoms with van der Waals surface area (Å²) in [6.45, 7) is 6.10. The minimum atomic E-state index is -2.98. The lowest BCUT2D eigenvalue weighted by Crippen LogP contribution is -2.46. The topological polar surface area (TPSA) is 37.4 Å². The molecule has 0 radical (unpaired) electrons. The van der Waals surface area contributed by atoms with Gasteiger partial charge in [0.15, 0.2) is 9.84 Å². The molecule has 3 nitrogen and oxygen atoms in total. The summed E-state index contributed by atoms with van der Waals surface area (Å²) in [6.07, 6.45) is 4.82. The Bertz CT molecular complexity index is 388. The Balaban J connectivity index is 1.96. The molecule has 2 bridgehead atoms. The molecule has 2 unspecified atom stereocenters. The van der Waals surface area contributed by atoms with Crippen LogP contribution in [0.4, 0.5) is 0 Å². The number of sulfone groups is 1. The molecule has 5 heteroatoms. The zero-order valence-electron chi connectivity index (χ0n) is 11.5. The van der Waals surface area contributed by atoms with Gasteiger partial charge in [-0.3, -0.25) is 4.90 Å². The van der Waals surface area contributed by atoms with E-state index >= 15 is 0 Å². The van der Waals surface area contributed by atoms with E-state index in [1.165, 1.54) is 25.7 Å². The van der Waals surface area contributed by atoms with E-state index in [1.54, 1.807) is 20.8 Å². The molecule has 2 fully saturated rings. The summed E-state index contributed by atoms with van der Waals surface area (Å²) in [7, 11) is -2.98. The Morgan fingerprint density at radius 2 is 1.67 bits per heavy atom. The minimum Gasteiger partial charge on any atom is -0.296 e. The van der Waals surface area contributed by atoms with Gasteiger partial charge in [-0.25, -0.2) is 8.42 Å². The Hall–Kier alpha value is 0.390. The number of piperidine rings is 1. The first-order chi connectivity index (χ1) is 8.21. The minimum absolute atomic E-state index is 0.302. The molecule has 2 saturated heterocycles. The summed E-state index contributed by atoms with van der Waals surface area (Å²) in [4.78, 5) is 3.08. The van der Waals surface area contributed by atoms with Gasteiger partial charge in [0.1, 0.15) is 0 Å². The van der Waals surface area contributed by atoms with Crippen LogP contribution in [-0.4, -0.2) is 47.3 Å². The highest BCUT2D eigenvalue weighted by molar-refractivity contribution is 9.09. The quantitative estimate of drug-likeness (QED) is 0.743. The average Bonchev–Trinajstić information content (AvgIpc) is 2.45. The van der Waals surface area contributed by atoms with Gasteiger partial charge >= 0.3 is 0 Å². The molecule has 2 heterocycles. The van der Waals surface area contributed by atoms with Crippen LogP contribution in [0, 0.1) is 0 Å². The van der Waals surface area contributed by atoms with Crippen molar-refractivity contribution in [3.05, 3.63) is 0 Å². The third kappa shape index (κ3) is 2.93. The normalized spacial score (nSPS) is 33.9. The summed E-state index contributed by atoms with van der Waals surface area (Å²) in [6, 6.07) is 1.20. The molecule has 2 aliphatic rings. The SMILES string of the molecule is CC(C)(C)S(=O)(=O)CCN1C2CCC1CC(Br)C2. The molecule has 0 saturated carbocycles. The van der Waals surface area contributed by atoms with Gasteiger partial charge < -0.3 is 0 Å². The van der Waals surface area contributed by atoms with E-state index in [4.69, 9.17) is 0 Å². The highest BCUT2D eigenvalue weighted by Gasteiger charge is 2.40. The van der Waals surface area contributed by atoms with Crippen molar-refractivity contribution in [1.29, 1.82) is 0 Å². The Kier molecular flexibility index (Phi) is 4.16. The van der Waals surface area contributed by atoms with Gasteiger partial charge in [0.25, 0.3) is 0 Å². The van der Waals surface area contributed by atoms with Crippen molar-refractivity contribution in [2.24, 2.45) is 0 Å². The molecule has 0 aromatic rings. The van der Waals surface area contributed by atoms with E-state index in [-0.39, 0.29) is 0 Å². The van der Waals surface area contributed by atoms with Crippen LogP contribution in [0.5, 0.6) is 0 Å².